The van der Waals surface area contributed by atoms with Crippen molar-refractivity contribution < 1.29 is 14.6 Å². The average Bonchev–Trinajstić information content (AvgIpc) is 3.16. The summed E-state index contributed by atoms with van der Waals surface area (Å²) in [6.07, 6.45) is 2.95. The van der Waals surface area contributed by atoms with Gasteiger partial charge < -0.3 is 15.2 Å². The van der Waals surface area contributed by atoms with E-state index in [2.05, 4.69) is 5.32 Å². The Kier molecular flexibility index (Phi) is 4.43. The summed E-state index contributed by atoms with van der Waals surface area (Å²) in [6, 6.07) is 7.64. The third kappa shape index (κ3) is 3.96. The zero-order valence-corrected chi connectivity index (χ0v) is 11.3. The number of nitrogens with one attached hydrogen (secondary N) is 1. The van der Waals surface area contributed by atoms with Gasteiger partial charge in [-0.2, -0.15) is 0 Å². The van der Waals surface area contributed by atoms with Crippen molar-refractivity contribution in [2.24, 2.45) is 5.41 Å². The van der Waals surface area contributed by atoms with Crippen molar-refractivity contribution in [3.05, 3.63) is 29.8 Å². The Morgan fingerprint density at radius 3 is 2.79 bits per heavy atom. The van der Waals surface area contributed by atoms with Crippen molar-refractivity contribution in [2.45, 2.75) is 26.2 Å². The van der Waals surface area contributed by atoms with Gasteiger partial charge in [0, 0.05) is 13.2 Å². The first-order valence-electron chi connectivity index (χ1n) is 6.71. The Labute approximate surface area is 113 Å². The highest BCUT2D eigenvalue weighted by Crippen LogP contribution is 2.47. The van der Waals surface area contributed by atoms with E-state index in [-0.39, 0.29) is 24.5 Å². The van der Waals surface area contributed by atoms with Gasteiger partial charge in [-0.15, -0.1) is 0 Å². The summed E-state index contributed by atoms with van der Waals surface area (Å²) in [6.45, 7) is 2.83. The summed E-state index contributed by atoms with van der Waals surface area (Å²) in [5.41, 5.74) is 1.17. The van der Waals surface area contributed by atoms with Gasteiger partial charge in [0.05, 0.1) is 0 Å². The third-order valence-electron chi connectivity index (χ3n) is 3.71. The topological polar surface area (TPSA) is 58.6 Å². The van der Waals surface area contributed by atoms with E-state index in [4.69, 9.17) is 9.84 Å². The monoisotopic (exact) mass is 263 g/mol. The molecule has 1 fully saturated rings. The van der Waals surface area contributed by atoms with E-state index in [1.54, 1.807) is 0 Å². The molecule has 0 heterocycles. The number of hydrogen-bond donors (Lipinski definition) is 2. The summed E-state index contributed by atoms with van der Waals surface area (Å²) in [4.78, 5) is 11.7. The van der Waals surface area contributed by atoms with E-state index >= 15 is 0 Å². The number of carbonyl (C=O) groups excluding carboxylic acids is 1. The highest BCUT2D eigenvalue weighted by atomic mass is 16.5. The molecule has 0 radical (unpaired) electrons. The second kappa shape index (κ2) is 6.06. The first-order chi connectivity index (χ1) is 9.15. The molecular weight excluding hydrogens is 242 g/mol. The third-order valence-corrected chi connectivity index (χ3v) is 3.71. The quantitative estimate of drug-likeness (QED) is 0.786. The van der Waals surface area contributed by atoms with E-state index in [1.165, 1.54) is 0 Å². The standard InChI is InChI=1S/C15H21NO3/c1-12-4-2-3-5-13(12)19-10-14(18)16-11-15(6-7-15)8-9-17/h2-5,17H,6-11H2,1H3,(H,16,18). The van der Waals surface area contributed by atoms with Crippen molar-refractivity contribution in [3.63, 3.8) is 0 Å². The summed E-state index contributed by atoms with van der Waals surface area (Å²) in [5.74, 6) is 0.640. The maximum Gasteiger partial charge on any atom is 0.257 e. The molecule has 0 saturated heterocycles. The molecule has 2 rings (SSSR count). The predicted molar refractivity (Wildman–Crippen MR) is 73.1 cm³/mol. The lowest BCUT2D eigenvalue weighted by atomic mass is 10.0. The van der Waals surface area contributed by atoms with Gasteiger partial charge in [0.15, 0.2) is 6.61 Å². The first-order valence-corrected chi connectivity index (χ1v) is 6.71. The Morgan fingerprint density at radius 2 is 2.16 bits per heavy atom. The summed E-state index contributed by atoms with van der Waals surface area (Å²) in [5, 5.41) is 11.8. The van der Waals surface area contributed by atoms with Crippen molar-refractivity contribution in [1.82, 2.24) is 5.32 Å². The number of amides is 1. The van der Waals surface area contributed by atoms with Crippen LogP contribution in [0.5, 0.6) is 5.75 Å². The molecule has 1 aromatic rings. The van der Waals surface area contributed by atoms with Gasteiger partial charge in [-0.3, -0.25) is 4.79 Å². The predicted octanol–water partition coefficient (Wildman–Crippen LogP) is 1.65. The molecule has 4 heteroatoms. The lowest BCUT2D eigenvalue weighted by Crippen LogP contribution is -2.34. The average molecular weight is 263 g/mol. The molecule has 2 N–H and O–H groups in total. The smallest absolute Gasteiger partial charge is 0.257 e. The SMILES string of the molecule is Cc1ccccc1OCC(=O)NCC1(CCO)CC1. The van der Waals surface area contributed by atoms with E-state index in [9.17, 15) is 4.79 Å². The molecule has 1 aromatic carbocycles. The van der Waals surface area contributed by atoms with Crippen LogP contribution in [0.4, 0.5) is 0 Å². The molecule has 19 heavy (non-hydrogen) atoms. The van der Waals surface area contributed by atoms with E-state index in [0.717, 1.165) is 30.6 Å². The fourth-order valence-corrected chi connectivity index (χ4v) is 2.13. The second-order valence-corrected chi connectivity index (χ2v) is 5.30. The molecule has 0 aliphatic heterocycles. The van der Waals surface area contributed by atoms with Gasteiger partial charge in [-0.05, 0) is 43.2 Å². The van der Waals surface area contributed by atoms with Crippen LogP contribution in [0.3, 0.4) is 0 Å². The number of rotatable bonds is 7. The van der Waals surface area contributed by atoms with Crippen LogP contribution in [0.15, 0.2) is 24.3 Å². The van der Waals surface area contributed by atoms with Crippen molar-refractivity contribution in [2.75, 3.05) is 19.8 Å². The highest BCUT2D eigenvalue weighted by molar-refractivity contribution is 5.77. The molecule has 0 spiro atoms. The molecule has 1 aliphatic carbocycles. The highest BCUT2D eigenvalue weighted by Gasteiger charge is 2.41. The Hall–Kier alpha value is -1.55. The number of aliphatic hydroxyl groups is 1. The van der Waals surface area contributed by atoms with Gasteiger partial charge in [-0.1, -0.05) is 18.2 Å². The largest absolute Gasteiger partial charge is 0.484 e. The van der Waals surface area contributed by atoms with Crippen LogP contribution in [0, 0.1) is 12.3 Å². The molecule has 0 aromatic heterocycles. The van der Waals surface area contributed by atoms with Gasteiger partial charge in [0.25, 0.3) is 5.91 Å². The number of aliphatic hydroxyl groups excluding tert-OH is 1. The van der Waals surface area contributed by atoms with Crippen LogP contribution in [0.25, 0.3) is 0 Å². The number of aryl methyl sites for hydroxylation is 1. The fraction of sp³-hybridized carbons (Fsp3) is 0.533. The zero-order chi connectivity index (χ0) is 13.7. The second-order valence-electron chi connectivity index (χ2n) is 5.30. The van der Waals surface area contributed by atoms with Gasteiger partial charge in [0.1, 0.15) is 5.75 Å². The lowest BCUT2D eigenvalue weighted by molar-refractivity contribution is -0.123. The molecule has 0 unspecified atom stereocenters. The molecule has 104 valence electrons. The van der Waals surface area contributed by atoms with Crippen molar-refractivity contribution >= 4 is 5.91 Å². The molecule has 4 nitrogen and oxygen atoms in total. The molecular formula is C15H21NO3. The number of benzene rings is 1. The molecule has 0 bridgehead atoms. The van der Waals surface area contributed by atoms with Crippen LogP contribution in [0.2, 0.25) is 0 Å². The van der Waals surface area contributed by atoms with Crippen molar-refractivity contribution in [1.29, 1.82) is 0 Å². The van der Waals surface area contributed by atoms with Crippen LogP contribution in [0.1, 0.15) is 24.8 Å². The Morgan fingerprint density at radius 1 is 1.42 bits per heavy atom. The number of hydrogen-bond acceptors (Lipinski definition) is 3. The first kappa shape index (κ1) is 13.9. The minimum atomic E-state index is -0.104. The van der Waals surface area contributed by atoms with Gasteiger partial charge >= 0.3 is 0 Å². The van der Waals surface area contributed by atoms with Gasteiger partial charge in [0.2, 0.25) is 0 Å². The molecule has 1 amide bonds. The fourth-order valence-electron chi connectivity index (χ4n) is 2.13. The molecule has 1 saturated carbocycles. The summed E-state index contributed by atoms with van der Waals surface area (Å²) in [7, 11) is 0. The summed E-state index contributed by atoms with van der Waals surface area (Å²) < 4.78 is 5.48. The van der Waals surface area contributed by atoms with Gasteiger partial charge in [-0.25, -0.2) is 0 Å². The maximum absolute atomic E-state index is 11.7. The van der Waals surface area contributed by atoms with Crippen LogP contribution in [-0.4, -0.2) is 30.8 Å². The summed E-state index contributed by atoms with van der Waals surface area (Å²) >= 11 is 0. The minimum Gasteiger partial charge on any atom is -0.484 e. The number of ether oxygens (including phenoxy) is 1. The minimum absolute atomic E-state index is 0.0417. The van der Waals surface area contributed by atoms with Crippen LogP contribution < -0.4 is 10.1 Å². The van der Waals surface area contributed by atoms with Crippen molar-refractivity contribution in [3.8, 4) is 5.75 Å². The zero-order valence-electron chi connectivity index (χ0n) is 11.3. The number of carbonyl (C=O) groups is 1. The van der Waals surface area contributed by atoms with E-state index in [1.807, 2.05) is 31.2 Å². The van der Waals surface area contributed by atoms with Crippen LogP contribution in [-0.2, 0) is 4.79 Å². The maximum atomic E-state index is 11.7. The Balaban J connectivity index is 1.72. The number of para-hydroxylation sites is 1. The van der Waals surface area contributed by atoms with E-state index < -0.39 is 0 Å². The normalized spacial score (nSPS) is 15.9. The lowest BCUT2D eigenvalue weighted by Gasteiger charge is -2.15. The Bertz CT molecular complexity index is 441. The van der Waals surface area contributed by atoms with E-state index in [0.29, 0.717) is 6.54 Å². The van der Waals surface area contributed by atoms with Crippen LogP contribution >= 0.6 is 0 Å². The molecule has 0 atom stereocenters. The molecule has 1 aliphatic rings.